The third-order valence-corrected chi connectivity index (χ3v) is 5.35. The molecule has 3 aromatic carbocycles. The molecule has 2 aromatic heterocycles. The minimum absolute atomic E-state index is 0.788. The van der Waals surface area contributed by atoms with Crippen LogP contribution in [-0.4, -0.2) is 16.3 Å². The van der Waals surface area contributed by atoms with Gasteiger partial charge in [-0.15, -0.1) is 0 Å². The predicted molar refractivity (Wildman–Crippen MR) is 126 cm³/mol. The van der Waals surface area contributed by atoms with E-state index < -0.39 is 0 Å². The number of nitrogens with zero attached hydrogens (tertiary/aromatic N) is 3. The van der Waals surface area contributed by atoms with Crippen molar-refractivity contribution < 1.29 is 0 Å². The van der Waals surface area contributed by atoms with Gasteiger partial charge in [0.05, 0.1) is 22.4 Å². The summed E-state index contributed by atoms with van der Waals surface area (Å²) in [6.07, 6.45) is 2.87. The van der Waals surface area contributed by atoms with Gasteiger partial charge in [0.2, 0.25) is 0 Å². The normalized spacial score (nSPS) is 11.8. The lowest BCUT2D eigenvalue weighted by Gasteiger charge is -2.09. The zero-order valence-corrected chi connectivity index (χ0v) is 16.6. The van der Waals surface area contributed by atoms with E-state index >= 15 is 0 Å². The van der Waals surface area contributed by atoms with Crippen molar-refractivity contribution >= 4 is 34.2 Å². The highest BCUT2D eigenvalue weighted by Crippen LogP contribution is 2.31. The monoisotopic (exact) mass is 387 g/mol. The SMILES string of the molecule is C=N/C(=C\Cc1ccccc1)c1cccc(-n2c3ccccc3c3ccccc32)n1. The van der Waals surface area contributed by atoms with Crippen molar-refractivity contribution in [1.29, 1.82) is 0 Å². The van der Waals surface area contributed by atoms with E-state index in [4.69, 9.17) is 4.98 Å². The summed E-state index contributed by atoms with van der Waals surface area (Å²) in [6.45, 7) is 3.78. The molecule has 0 amide bonds. The van der Waals surface area contributed by atoms with Crippen molar-refractivity contribution in [3.63, 3.8) is 0 Å². The van der Waals surface area contributed by atoms with Crippen LogP contribution in [0, 0.1) is 0 Å². The maximum Gasteiger partial charge on any atom is 0.138 e. The molecule has 30 heavy (non-hydrogen) atoms. The fourth-order valence-corrected chi connectivity index (χ4v) is 3.94. The number of aromatic nitrogens is 2. The fraction of sp³-hybridized carbons (Fsp3) is 0.0370. The molecule has 0 saturated carbocycles. The molecular weight excluding hydrogens is 366 g/mol. The van der Waals surface area contributed by atoms with Gasteiger partial charge in [0.25, 0.3) is 0 Å². The summed E-state index contributed by atoms with van der Waals surface area (Å²) < 4.78 is 2.21. The molecule has 0 bridgehead atoms. The number of aliphatic imine (C=N–C) groups is 1. The highest BCUT2D eigenvalue weighted by Gasteiger charge is 2.13. The van der Waals surface area contributed by atoms with Crippen LogP contribution in [0.1, 0.15) is 11.3 Å². The average molecular weight is 387 g/mol. The van der Waals surface area contributed by atoms with Crippen LogP contribution in [0.2, 0.25) is 0 Å². The molecule has 0 aliphatic rings. The summed E-state index contributed by atoms with van der Waals surface area (Å²) >= 11 is 0. The Morgan fingerprint density at radius 1 is 0.767 bits per heavy atom. The Labute approximate surface area is 175 Å². The zero-order chi connectivity index (χ0) is 20.3. The summed E-state index contributed by atoms with van der Waals surface area (Å²) in [5.41, 5.74) is 5.13. The van der Waals surface area contributed by atoms with Crippen LogP contribution in [0.3, 0.4) is 0 Å². The van der Waals surface area contributed by atoms with Gasteiger partial charge in [-0.05, 0) is 43.0 Å². The van der Waals surface area contributed by atoms with Crippen molar-refractivity contribution in [3.05, 3.63) is 114 Å². The van der Waals surface area contributed by atoms with Crippen LogP contribution in [0.25, 0.3) is 33.3 Å². The summed E-state index contributed by atoms with van der Waals surface area (Å²) in [6, 6.07) is 33.3. The molecule has 3 heteroatoms. The Kier molecular flexibility index (Phi) is 4.70. The zero-order valence-electron chi connectivity index (χ0n) is 16.6. The van der Waals surface area contributed by atoms with E-state index in [-0.39, 0.29) is 0 Å². The van der Waals surface area contributed by atoms with Crippen LogP contribution < -0.4 is 0 Å². The minimum Gasteiger partial charge on any atom is -0.294 e. The van der Waals surface area contributed by atoms with E-state index in [1.165, 1.54) is 16.3 Å². The third-order valence-electron chi connectivity index (χ3n) is 5.35. The van der Waals surface area contributed by atoms with Crippen molar-refractivity contribution in [1.82, 2.24) is 9.55 Å². The summed E-state index contributed by atoms with van der Waals surface area (Å²) in [5, 5.41) is 2.45. The lowest BCUT2D eigenvalue weighted by Crippen LogP contribution is -1.99. The van der Waals surface area contributed by atoms with Gasteiger partial charge in [-0.3, -0.25) is 9.56 Å². The molecule has 0 radical (unpaired) electrons. The van der Waals surface area contributed by atoms with Crippen LogP contribution in [0.15, 0.2) is 108 Å². The number of para-hydroxylation sites is 2. The first-order chi connectivity index (χ1) is 14.8. The van der Waals surface area contributed by atoms with Crippen molar-refractivity contribution in [2.75, 3.05) is 0 Å². The summed E-state index contributed by atoms with van der Waals surface area (Å²) in [7, 11) is 0. The van der Waals surface area contributed by atoms with E-state index in [0.717, 1.165) is 34.7 Å². The first-order valence-electron chi connectivity index (χ1n) is 10.0. The van der Waals surface area contributed by atoms with E-state index in [9.17, 15) is 0 Å². The van der Waals surface area contributed by atoms with Gasteiger partial charge in [-0.1, -0.05) is 78.9 Å². The maximum absolute atomic E-state index is 4.96. The van der Waals surface area contributed by atoms with Crippen LogP contribution in [-0.2, 0) is 6.42 Å². The van der Waals surface area contributed by atoms with E-state index in [1.54, 1.807) is 0 Å². The van der Waals surface area contributed by atoms with Gasteiger partial charge < -0.3 is 0 Å². The Hall–Kier alpha value is -3.98. The number of hydrogen-bond donors (Lipinski definition) is 0. The predicted octanol–water partition coefficient (Wildman–Crippen LogP) is 6.46. The van der Waals surface area contributed by atoms with Crippen LogP contribution in [0.4, 0.5) is 0 Å². The molecule has 3 nitrogen and oxygen atoms in total. The van der Waals surface area contributed by atoms with E-state index in [2.05, 4.69) is 83.0 Å². The standard InChI is InChI=1S/C27H21N3/c1-28-23(19-18-20-10-3-2-4-11-20)24-14-9-17-27(29-24)30-25-15-7-5-12-21(25)22-13-6-8-16-26(22)30/h2-17,19H,1,18H2/b23-19-. The second-order valence-electron chi connectivity index (χ2n) is 7.19. The molecule has 5 rings (SSSR count). The van der Waals surface area contributed by atoms with Crippen LogP contribution in [0.5, 0.6) is 0 Å². The van der Waals surface area contributed by atoms with Crippen molar-refractivity contribution in [2.24, 2.45) is 4.99 Å². The van der Waals surface area contributed by atoms with E-state index in [0.29, 0.717) is 0 Å². The molecule has 0 spiro atoms. The lowest BCUT2D eigenvalue weighted by molar-refractivity contribution is 1.06. The molecule has 0 atom stereocenters. The van der Waals surface area contributed by atoms with Gasteiger partial charge in [0, 0.05) is 10.8 Å². The Morgan fingerprint density at radius 3 is 2.07 bits per heavy atom. The lowest BCUT2D eigenvalue weighted by atomic mass is 10.1. The van der Waals surface area contributed by atoms with Gasteiger partial charge in [-0.25, -0.2) is 4.98 Å². The summed E-state index contributed by atoms with van der Waals surface area (Å²) in [5.74, 6) is 0.874. The van der Waals surface area contributed by atoms with Crippen molar-refractivity contribution in [3.8, 4) is 5.82 Å². The number of allylic oxidation sites excluding steroid dienone is 1. The van der Waals surface area contributed by atoms with Gasteiger partial charge in [-0.2, -0.15) is 0 Å². The molecule has 0 N–H and O–H groups in total. The molecule has 2 heterocycles. The maximum atomic E-state index is 4.96. The number of hydrogen-bond acceptors (Lipinski definition) is 2. The molecule has 5 aromatic rings. The first-order valence-corrected chi connectivity index (χ1v) is 10.0. The molecule has 0 unspecified atom stereocenters. The number of benzene rings is 3. The topological polar surface area (TPSA) is 30.2 Å². The van der Waals surface area contributed by atoms with Gasteiger partial charge in [0.1, 0.15) is 5.82 Å². The van der Waals surface area contributed by atoms with Gasteiger partial charge in [0.15, 0.2) is 0 Å². The smallest absolute Gasteiger partial charge is 0.138 e. The number of fused-ring (bicyclic) bond motifs is 3. The van der Waals surface area contributed by atoms with Crippen LogP contribution >= 0.6 is 0 Å². The Balaban J connectivity index is 1.62. The highest BCUT2D eigenvalue weighted by atomic mass is 15.1. The third kappa shape index (κ3) is 3.20. The number of rotatable bonds is 5. The molecule has 0 saturated heterocycles. The van der Waals surface area contributed by atoms with Gasteiger partial charge >= 0.3 is 0 Å². The Morgan fingerprint density at radius 2 is 1.40 bits per heavy atom. The second kappa shape index (κ2) is 7.80. The quantitative estimate of drug-likeness (QED) is 0.318. The van der Waals surface area contributed by atoms with E-state index in [1.807, 2.05) is 36.4 Å². The van der Waals surface area contributed by atoms with Crippen molar-refractivity contribution in [2.45, 2.75) is 6.42 Å². The minimum atomic E-state index is 0.788. The molecule has 0 fully saturated rings. The Bertz CT molecular complexity index is 1320. The molecular formula is C27H21N3. The second-order valence-corrected chi connectivity index (χ2v) is 7.19. The molecule has 0 aliphatic carbocycles. The molecule has 0 aliphatic heterocycles. The number of pyridine rings is 1. The largest absolute Gasteiger partial charge is 0.294 e. The fourth-order valence-electron chi connectivity index (χ4n) is 3.94. The molecule has 144 valence electrons. The summed E-state index contributed by atoms with van der Waals surface area (Å²) in [4.78, 5) is 9.22. The first kappa shape index (κ1) is 18.1. The average Bonchev–Trinajstić information content (AvgIpc) is 3.15. The highest BCUT2D eigenvalue weighted by molar-refractivity contribution is 6.09.